The predicted molar refractivity (Wildman–Crippen MR) is 56.4 cm³/mol. The van der Waals surface area contributed by atoms with Crippen LogP contribution in [0.3, 0.4) is 0 Å². The Bertz CT molecular complexity index is 343. The normalized spacial score (nSPS) is 9.46. The van der Waals surface area contributed by atoms with Crippen LogP contribution < -0.4 is 5.43 Å². The third-order valence-electron chi connectivity index (χ3n) is 1.76. The molecular formula is C10H14MgO2. The number of hydrogen-bond acceptors (Lipinski definition) is 2. The minimum Gasteiger partial charge on any atom is -1.00 e. The SMILES string of the molecule is CC(C)c1cccc(O)c(=O)c1.[H-].[H-].[Mg+2]. The van der Waals surface area contributed by atoms with Gasteiger partial charge < -0.3 is 7.96 Å². The molecule has 0 aliphatic heterocycles. The van der Waals surface area contributed by atoms with Gasteiger partial charge in [-0.1, -0.05) is 26.0 Å². The summed E-state index contributed by atoms with van der Waals surface area (Å²) in [6.45, 7) is 4.01. The molecule has 0 spiro atoms. The molecule has 0 saturated carbocycles. The molecule has 3 heteroatoms. The monoisotopic (exact) mass is 190 g/mol. The summed E-state index contributed by atoms with van der Waals surface area (Å²) in [6.07, 6.45) is 0. The molecule has 13 heavy (non-hydrogen) atoms. The van der Waals surface area contributed by atoms with E-state index in [1.165, 1.54) is 12.1 Å². The van der Waals surface area contributed by atoms with Gasteiger partial charge in [0.15, 0.2) is 5.75 Å². The standard InChI is InChI=1S/C10H12O2.Mg.2H/c1-7(2)8-4-3-5-9(11)10(12)6-8;;;/h3-7H,1-2H3,(H,11,12);;;/q;+2;2*-1. The van der Waals surface area contributed by atoms with Crippen LogP contribution in [0.5, 0.6) is 5.75 Å². The molecule has 1 aromatic carbocycles. The first-order valence-electron chi connectivity index (χ1n) is 3.94. The molecule has 0 radical (unpaired) electrons. The minimum atomic E-state index is -0.316. The van der Waals surface area contributed by atoms with Crippen LogP contribution in [0, 0.1) is 0 Å². The van der Waals surface area contributed by atoms with Gasteiger partial charge in [-0.15, -0.1) is 0 Å². The molecule has 0 unspecified atom stereocenters. The molecule has 0 aliphatic carbocycles. The summed E-state index contributed by atoms with van der Waals surface area (Å²) in [4.78, 5) is 11.1. The van der Waals surface area contributed by atoms with Gasteiger partial charge in [-0.05, 0) is 23.6 Å². The van der Waals surface area contributed by atoms with Crippen molar-refractivity contribution in [2.45, 2.75) is 19.8 Å². The van der Waals surface area contributed by atoms with Gasteiger partial charge in [0.1, 0.15) is 0 Å². The summed E-state index contributed by atoms with van der Waals surface area (Å²) in [5, 5.41) is 9.07. The molecule has 0 aliphatic rings. The van der Waals surface area contributed by atoms with Crippen molar-refractivity contribution in [2.75, 3.05) is 0 Å². The van der Waals surface area contributed by atoms with Crippen molar-refractivity contribution in [3.63, 3.8) is 0 Å². The zero-order valence-corrected chi connectivity index (χ0v) is 9.36. The van der Waals surface area contributed by atoms with E-state index in [1.807, 2.05) is 19.9 Å². The topological polar surface area (TPSA) is 37.3 Å². The predicted octanol–water partition coefficient (Wildman–Crippen LogP) is 1.72. The number of rotatable bonds is 1. The van der Waals surface area contributed by atoms with Crippen LogP contribution in [0.1, 0.15) is 28.2 Å². The van der Waals surface area contributed by atoms with E-state index in [1.54, 1.807) is 6.07 Å². The van der Waals surface area contributed by atoms with Crippen LogP contribution in [0.15, 0.2) is 29.1 Å². The van der Waals surface area contributed by atoms with Crippen LogP contribution >= 0.6 is 0 Å². The van der Waals surface area contributed by atoms with E-state index in [0.29, 0.717) is 5.92 Å². The molecule has 0 saturated heterocycles. The van der Waals surface area contributed by atoms with Crippen molar-refractivity contribution in [1.82, 2.24) is 0 Å². The minimum absolute atomic E-state index is 0. The fourth-order valence-corrected chi connectivity index (χ4v) is 0.965. The van der Waals surface area contributed by atoms with E-state index in [0.717, 1.165) is 5.56 Å². The van der Waals surface area contributed by atoms with Gasteiger partial charge in [-0.2, -0.15) is 0 Å². The summed E-state index contributed by atoms with van der Waals surface area (Å²) < 4.78 is 0. The molecule has 1 N–H and O–H groups in total. The van der Waals surface area contributed by atoms with Crippen LogP contribution in [0.25, 0.3) is 0 Å². The van der Waals surface area contributed by atoms with Crippen LogP contribution in [0.4, 0.5) is 0 Å². The molecule has 0 fully saturated rings. The van der Waals surface area contributed by atoms with E-state index in [4.69, 9.17) is 5.11 Å². The van der Waals surface area contributed by atoms with Gasteiger partial charge in [0.2, 0.25) is 5.43 Å². The zero-order valence-electron chi connectivity index (χ0n) is 9.95. The van der Waals surface area contributed by atoms with E-state index >= 15 is 0 Å². The maximum atomic E-state index is 11.1. The second-order valence-electron chi connectivity index (χ2n) is 3.07. The summed E-state index contributed by atoms with van der Waals surface area (Å²) in [6, 6.07) is 6.41. The van der Waals surface area contributed by atoms with Gasteiger partial charge in [0.05, 0.1) is 0 Å². The van der Waals surface area contributed by atoms with E-state index in [2.05, 4.69) is 0 Å². The van der Waals surface area contributed by atoms with Crippen LogP contribution in [-0.4, -0.2) is 28.2 Å². The first-order valence-corrected chi connectivity index (χ1v) is 3.94. The average molecular weight is 191 g/mol. The third kappa shape index (κ3) is 3.36. The van der Waals surface area contributed by atoms with E-state index in [-0.39, 0.29) is 37.1 Å². The summed E-state index contributed by atoms with van der Waals surface area (Å²) in [7, 11) is 0. The first kappa shape index (κ1) is 12.5. The Hall–Kier alpha value is -0.544. The number of aromatic hydroxyl groups is 1. The van der Waals surface area contributed by atoms with Gasteiger partial charge >= 0.3 is 23.1 Å². The van der Waals surface area contributed by atoms with Gasteiger partial charge in [-0.25, -0.2) is 0 Å². The fourth-order valence-electron chi connectivity index (χ4n) is 0.965. The molecule has 1 rings (SSSR count). The van der Waals surface area contributed by atoms with Crippen molar-refractivity contribution in [3.8, 4) is 5.75 Å². The average Bonchev–Trinajstić information content (AvgIpc) is 2.15. The summed E-state index contributed by atoms with van der Waals surface area (Å²) in [5.74, 6) is 0.117. The van der Waals surface area contributed by atoms with E-state index < -0.39 is 0 Å². The molecule has 0 aromatic heterocycles. The smallest absolute Gasteiger partial charge is 1.00 e. The Balaban J connectivity index is -0.000000480. The molecule has 0 bridgehead atoms. The van der Waals surface area contributed by atoms with Crippen molar-refractivity contribution in [3.05, 3.63) is 40.1 Å². The molecular weight excluding hydrogens is 176 g/mol. The summed E-state index contributed by atoms with van der Waals surface area (Å²) >= 11 is 0. The summed E-state index contributed by atoms with van der Waals surface area (Å²) in [5.41, 5.74) is 0.629. The Morgan fingerprint density at radius 1 is 1.38 bits per heavy atom. The Morgan fingerprint density at radius 2 is 2.00 bits per heavy atom. The second kappa shape index (κ2) is 5.24. The zero-order chi connectivity index (χ0) is 9.14. The van der Waals surface area contributed by atoms with Crippen molar-refractivity contribution in [2.24, 2.45) is 0 Å². The van der Waals surface area contributed by atoms with E-state index in [9.17, 15) is 4.79 Å². The van der Waals surface area contributed by atoms with Crippen LogP contribution in [0.2, 0.25) is 0 Å². The van der Waals surface area contributed by atoms with Crippen molar-refractivity contribution >= 4 is 23.1 Å². The molecule has 0 atom stereocenters. The van der Waals surface area contributed by atoms with Crippen molar-refractivity contribution < 1.29 is 7.96 Å². The Kier molecular flexibility index (Phi) is 5.02. The molecule has 2 nitrogen and oxygen atoms in total. The van der Waals surface area contributed by atoms with Gasteiger partial charge in [-0.3, -0.25) is 4.79 Å². The number of hydrogen-bond donors (Lipinski definition) is 1. The maximum Gasteiger partial charge on any atom is 2.00 e. The maximum absolute atomic E-state index is 11.1. The Labute approximate surface area is 96.7 Å². The Morgan fingerprint density at radius 3 is 2.54 bits per heavy atom. The quantitative estimate of drug-likeness (QED) is 0.685. The molecule has 0 amide bonds. The molecule has 1 aromatic rings. The van der Waals surface area contributed by atoms with Crippen LogP contribution in [-0.2, 0) is 0 Å². The second-order valence-corrected chi connectivity index (χ2v) is 3.07. The van der Waals surface area contributed by atoms with Gasteiger partial charge in [0, 0.05) is 0 Å². The molecule has 0 heterocycles. The fraction of sp³-hybridized carbons (Fsp3) is 0.300. The van der Waals surface area contributed by atoms with Crippen molar-refractivity contribution in [1.29, 1.82) is 0 Å². The largest absolute Gasteiger partial charge is 2.00 e. The molecule has 68 valence electrons. The third-order valence-corrected chi connectivity index (χ3v) is 1.76. The first-order chi connectivity index (χ1) is 5.61. The van der Waals surface area contributed by atoms with Gasteiger partial charge in [0.25, 0.3) is 0 Å².